The summed E-state index contributed by atoms with van der Waals surface area (Å²) in [5.41, 5.74) is 1.60. The second kappa shape index (κ2) is 6.05. The second-order valence-electron chi connectivity index (χ2n) is 5.82. The van der Waals surface area contributed by atoms with Gasteiger partial charge >= 0.3 is 0 Å². The van der Waals surface area contributed by atoms with Crippen molar-refractivity contribution in [2.24, 2.45) is 0 Å². The Morgan fingerprint density at radius 3 is 2.72 bits per heavy atom. The SMILES string of the molecule is CC1(C)CN(CCc2ccc(Cl)cc2)CCCN1. The Hall–Kier alpha value is -0.570. The van der Waals surface area contributed by atoms with E-state index in [1.165, 1.54) is 18.5 Å². The van der Waals surface area contributed by atoms with Gasteiger partial charge in [0, 0.05) is 23.7 Å². The normalized spacial score (nSPS) is 20.6. The number of hydrogen-bond acceptors (Lipinski definition) is 2. The van der Waals surface area contributed by atoms with Gasteiger partial charge in [0.25, 0.3) is 0 Å². The average Bonchev–Trinajstić information content (AvgIpc) is 2.49. The molecule has 1 fully saturated rings. The molecule has 0 spiro atoms. The van der Waals surface area contributed by atoms with Crippen LogP contribution in [0, 0.1) is 0 Å². The molecule has 0 amide bonds. The summed E-state index contributed by atoms with van der Waals surface area (Å²) in [4.78, 5) is 2.56. The molecule has 0 radical (unpaired) electrons. The number of benzene rings is 1. The maximum atomic E-state index is 5.90. The molecule has 1 heterocycles. The monoisotopic (exact) mass is 266 g/mol. The maximum Gasteiger partial charge on any atom is 0.0406 e. The summed E-state index contributed by atoms with van der Waals surface area (Å²) in [5, 5.41) is 4.42. The number of hydrogen-bond donors (Lipinski definition) is 1. The quantitative estimate of drug-likeness (QED) is 0.905. The van der Waals surface area contributed by atoms with E-state index in [0.717, 1.165) is 31.1 Å². The molecule has 1 aliphatic rings. The number of nitrogens with zero attached hydrogens (tertiary/aromatic N) is 1. The van der Waals surface area contributed by atoms with E-state index in [0.29, 0.717) is 0 Å². The molecule has 1 aliphatic heterocycles. The summed E-state index contributed by atoms with van der Waals surface area (Å²) in [6.07, 6.45) is 2.34. The van der Waals surface area contributed by atoms with E-state index >= 15 is 0 Å². The van der Waals surface area contributed by atoms with Crippen molar-refractivity contribution in [3.63, 3.8) is 0 Å². The van der Waals surface area contributed by atoms with Gasteiger partial charge in [-0.2, -0.15) is 0 Å². The van der Waals surface area contributed by atoms with Crippen molar-refractivity contribution in [1.82, 2.24) is 10.2 Å². The third-order valence-corrected chi connectivity index (χ3v) is 3.76. The Morgan fingerprint density at radius 1 is 1.28 bits per heavy atom. The molecule has 18 heavy (non-hydrogen) atoms. The molecule has 1 N–H and O–H groups in total. The van der Waals surface area contributed by atoms with Gasteiger partial charge in [-0.15, -0.1) is 0 Å². The minimum atomic E-state index is 0.233. The summed E-state index contributed by atoms with van der Waals surface area (Å²) in [6.45, 7) is 9.16. The van der Waals surface area contributed by atoms with E-state index < -0.39 is 0 Å². The predicted octanol–water partition coefficient (Wildman–Crippen LogP) is 2.96. The summed E-state index contributed by atoms with van der Waals surface area (Å²) >= 11 is 5.90. The Morgan fingerprint density at radius 2 is 2.00 bits per heavy atom. The molecule has 2 nitrogen and oxygen atoms in total. The minimum Gasteiger partial charge on any atom is -0.310 e. The third-order valence-electron chi connectivity index (χ3n) is 3.50. The fraction of sp³-hybridized carbons (Fsp3) is 0.600. The summed E-state index contributed by atoms with van der Waals surface area (Å²) in [5.74, 6) is 0. The van der Waals surface area contributed by atoms with Gasteiger partial charge in [0.15, 0.2) is 0 Å². The van der Waals surface area contributed by atoms with Crippen LogP contribution in [0.3, 0.4) is 0 Å². The molecule has 0 unspecified atom stereocenters. The molecule has 3 heteroatoms. The van der Waals surface area contributed by atoms with E-state index in [9.17, 15) is 0 Å². The van der Waals surface area contributed by atoms with E-state index in [4.69, 9.17) is 11.6 Å². The van der Waals surface area contributed by atoms with Crippen LogP contribution >= 0.6 is 11.6 Å². The highest BCUT2D eigenvalue weighted by Gasteiger charge is 2.23. The lowest BCUT2D eigenvalue weighted by Crippen LogP contribution is -2.46. The van der Waals surface area contributed by atoms with Crippen LogP contribution in [0.15, 0.2) is 24.3 Å². The minimum absolute atomic E-state index is 0.233. The smallest absolute Gasteiger partial charge is 0.0406 e. The molecular weight excluding hydrogens is 244 g/mol. The highest BCUT2D eigenvalue weighted by molar-refractivity contribution is 6.30. The first-order chi connectivity index (χ1) is 8.55. The van der Waals surface area contributed by atoms with Crippen molar-refractivity contribution in [2.75, 3.05) is 26.2 Å². The molecule has 1 saturated heterocycles. The summed E-state index contributed by atoms with van der Waals surface area (Å²) in [6, 6.07) is 8.21. The van der Waals surface area contributed by atoms with Crippen molar-refractivity contribution in [2.45, 2.75) is 32.2 Å². The van der Waals surface area contributed by atoms with Crippen LogP contribution in [0.4, 0.5) is 0 Å². The van der Waals surface area contributed by atoms with Crippen molar-refractivity contribution >= 4 is 11.6 Å². The number of rotatable bonds is 3. The molecule has 0 aliphatic carbocycles. The topological polar surface area (TPSA) is 15.3 Å². The lowest BCUT2D eigenvalue weighted by atomic mass is 10.1. The Labute approximate surface area is 115 Å². The largest absolute Gasteiger partial charge is 0.310 e. The zero-order valence-electron chi connectivity index (χ0n) is 11.4. The zero-order valence-corrected chi connectivity index (χ0v) is 12.1. The average molecular weight is 267 g/mol. The van der Waals surface area contributed by atoms with Crippen LogP contribution in [0.25, 0.3) is 0 Å². The summed E-state index contributed by atoms with van der Waals surface area (Å²) in [7, 11) is 0. The van der Waals surface area contributed by atoms with Gasteiger partial charge in [-0.1, -0.05) is 23.7 Å². The molecule has 0 aromatic heterocycles. The van der Waals surface area contributed by atoms with Crippen LogP contribution < -0.4 is 5.32 Å². The van der Waals surface area contributed by atoms with E-state index in [-0.39, 0.29) is 5.54 Å². The maximum absolute atomic E-state index is 5.90. The van der Waals surface area contributed by atoms with Crippen LogP contribution in [0.5, 0.6) is 0 Å². The lowest BCUT2D eigenvalue weighted by molar-refractivity contribution is 0.233. The van der Waals surface area contributed by atoms with Crippen LogP contribution in [0.1, 0.15) is 25.8 Å². The molecular formula is C15H23ClN2. The van der Waals surface area contributed by atoms with E-state index in [2.05, 4.69) is 36.2 Å². The number of halogens is 1. The van der Waals surface area contributed by atoms with Crippen LogP contribution in [0.2, 0.25) is 5.02 Å². The molecule has 2 rings (SSSR count). The van der Waals surface area contributed by atoms with Crippen molar-refractivity contribution < 1.29 is 0 Å². The van der Waals surface area contributed by atoms with E-state index in [1.807, 2.05) is 12.1 Å². The fourth-order valence-corrected chi connectivity index (χ4v) is 2.68. The molecule has 0 atom stereocenters. The van der Waals surface area contributed by atoms with Crippen molar-refractivity contribution in [1.29, 1.82) is 0 Å². The summed E-state index contributed by atoms with van der Waals surface area (Å²) < 4.78 is 0. The standard InChI is InChI=1S/C15H23ClN2/c1-15(2)12-18(10-3-9-17-15)11-8-13-4-6-14(16)7-5-13/h4-7,17H,3,8-12H2,1-2H3. The molecule has 0 saturated carbocycles. The first-order valence-corrected chi connectivity index (χ1v) is 7.15. The van der Waals surface area contributed by atoms with Gasteiger partial charge in [-0.3, -0.25) is 0 Å². The Bertz CT molecular complexity index is 373. The molecule has 100 valence electrons. The number of nitrogens with one attached hydrogen (secondary N) is 1. The second-order valence-corrected chi connectivity index (χ2v) is 6.25. The fourth-order valence-electron chi connectivity index (χ4n) is 2.55. The van der Waals surface area contributed by atoms with Gasteiger partial charge in [-0.05, 0) is 57.5 Å². The first kappa shape index (κ1) is 13.9. The van der Waals surface area contributed by atoms with Gasteiger partial charge in [-0.25, -0.2) is 0 Å². The van der Waals surface area contributed by atoms with Crippen LogP contribution in [-0.4, -0.2) is 36.6 Å². The van der Waals surface area contributed by atoms with E-state index in [1.54, 1.807) is 0 Å². The van der Waals surface area contributed by atoms with Gasteiger partial charge in [0.2, 0.25) is 0 Å². The Kier molecular flexibility index (Phi) is 4.66. The van der Waals surface area contributed by atoms with Gasteiger partial charge in [0.05, 0.1) is 0 Å². The Balaban J connectivity index is 1.87. The highest BCUT2D eigenvalue weighted by atomic mass is 35.5. The highest BCUT2D eigenvalue weighted by Crippen LogP contribution is 2.13. The predicted molar refractivity (Wildman–Crippen MR) is 78.3 cm³/mol. The van der Waals surface area contributed by atoms with Crippen molar-refractivity contribution in [3.8, 4) is 0 Å². The van der Waals surface area contributed by atoms with Crippen molar-refractivity contribution in [3.05, 3.63) is 34.9 Å². The van der Waals surface area contributed by atoms with Gasteiger partial charge in [0.1, 0.15) is 0 Å². The lowest BCUT2D eigenvalue weighted by Gasteiger charge is -2.30. The zero-order chi connectivity index (χ0) is 13.0. The third kappa shape index (κ3) is 4.27. The van der Waals surface area contributed by atoms with Gasteiger partial charge < -0.3 is 10.2 Å². The van der Waals surface area contributed by atoms with Crippen LogP contribution in [-0.2, 0) is 6.42 Å². The molecule has 1 aromatic rings. The molecule has 0 bridgehead atoms. The molecule has 1 aromatic carbocycles. The first-order valence-electron chi connectivity index (χ1n) is 6.77.